The molecule has 0 spiro atoms. The molecule has 0 fully saturated rings. The molecule has 0 aliphatic rings. The zero-order chi connectivity index (χ0) is 16.6. The SMILES string of the molecule is CCN(Cc1ccccc1)c1cc(NCc2ccccc2)ncn1. The van der Waals surface area contributed by atoms with E-state index >= 15 is 0 Å². The van der Waals surface area contributed by atoms with Crippen LogP contribution in [0.25, 0.3) is 0 Å². The van der Waals surface area contributed by atoms with Crippen molar-refractivity contribution in [2.75, 3.05) is 16.8 Å². The van der Waals surface area contributed by atoms with E-state index in [1.807, 2.05) is 30.3 Å². The molecular formula is C20H22N4. The number of benzene rings is 2. The van der Waals surface area contributed by atoms with Gasteiger partial charge in [-0.3, -0.25) is 0 Å². The van der Waals surface area contributed by atoms with Gasteiger partial charge in [-0.2, -0.15) is 0 Å². The van der Waals surface area contributed by atoms with Crippen LogP contribution in [-0.2, 0) is 13.1 Å². The molecule has 0 radical (unpaired) electrons. The van der Waals surface area contributed by atoms with Crippen LogP contribution >= 0.6 is 0 Å². The minimum atomic E-state index is 0.752. The Balaban J connectivity index is 1.69. The monoisotopic (exact) mass is 318 g/mol. The minimum Gasteiger partial charge on any atom is -0.366 e. The van der Waals surface area contributed by atoms with Gasteiger partial charge in [-0.15, -0.1) is 0 Å². The first-order valence-corrected chi connectivity index (χ1v) is 8.24. The van der Waals surface area contributed by atoms with Crippen molar-refractivity contribution >= 4 is 11.6 Å². The van der Waals surface area contributed by atoms with Crippen molar-refractivity contribution < 1.29 is 0 Å². The normalized spacial score (nSPS) is 10.4. The highest BCUT2D eigenvalue weighted by Crippen LogP contribution is 2.17. The predicted octanol–water partition coefficient (Wildman–Crippen LogP) is 4.12. The maximum Gasteiger partial charge on any atom is 0.134 e. The van der Waals surface area contributed by atoms with Gasteiger partial charge in [-0.25, -0.2) is 9.97 Å². The maximum absolute atomic E-state index is 4.44. The van der Waals surface area contributed by atoms with Gasteiger partial charge in [-0.1, -0.05) is 60.7 Å². The van der Waals surface area contributed by atoms with Crippen molar-refractivity contribution in [3.8, 4) is 0 Å². The Morgan fingerprint density at radius 2 is 1.54 bits per heavy atom. The summed E-state index contributed by atoms with van der Waals surface area (Å²) in [6.45, 7) is 4.63. The minimum absolute atomic E-state index is 0.752. The third-order valence-corrected chi connectivity index (χ3v) is 3.89. The zero-order valence-electron chi connectivity index (χ0n) is 13.9. The maximum atomic E-state index is 4.44. The molecule has 24 heavy (non-hydrogen) atoms. The average molecular weight is 318 g/mol. The summed E-state index contributed by atoms with van der Waals surface area (Å²) in [6.07, 6.45) is 1.62. The van der Waals surface area contributed by atoms with E-state index in [-0.39, 0.29) is 0 Å². The summed E-state index contributed by atoms with van der Waals surface area (Å²) in [5.41, 5.74) is 2.51. The van der Waals surface area contributed by atoms with Crippen LogP contribution in [0.2, 0.25) is 0 Å². The van der Waals surface area contributed by atoms with Crippen molar-refractivity contribution in [2.45, 2.75) is 20.0 Å². The number of anilines is 2. The fourth-order valence-corrected chi connectivity index (χ4v) is 2.56. The van der Waals surface area contributed by atoms with Gasteiger partial charge in [0.15, 0.2) is 0 Å². The van der Waals surface area contributed by atoms with Crippen LogP contribution in [0.3, 0.4) is 0 Å². The Hall–Kier alpha value is -2.88. The van der Waals surface area contributed by atoms with Gasteiger partial charge in [0.2, 0.25) is 0 Å². The first kappa shape index (κ1) is 16.0. The summed E-state index contributed by atoms with van der Waals surface area (Å²) >= 11 is 0. The summed E-state index contributed by atoms with van der Waals surface area (Å²) in [4.78, 5) is 11.0. The Bertz CT molecular complexity index is 744. The molecule has 0 saturated carbocycles. The van der Waals surface area contributed by atoms with E-state index in [1.54, 1.807) is 6.33 Å². The van der Waals surface area contributed by atoms with Crippen molar-refractivity contribution in [3.05, 3.63) is 84.2 Å². The first-order valence-electron chi connectivity index (χ1n) is 8.24. The number of aromatic nitrogens is 2. The lowest BCUT2D eigenvalue weighted by molar-refractivity contribution is 0.810. The smallest absolute Gasteiger partial charge is 0.134 e. The summed E-state index contributed by atoms with van der Waals surface area (Å²) < 4.78 is 0. The van der Waals surface area contributed by atoms with Crippen molar-refractivity contribution in [1.29, 1.82) is 0 Å². The lowest BCUT2D eigenvalue weighted by atomic mass is 10.2. The number of hydrogen-bond donors (Lipinski definition) is 1. The number of nitrogens with one attached hydrogen (secondary N) is 1. The van der Waals surface area contributed by atoms with Crippen molar-refractivity contribution in [2.24, 2.45) is 0 Å². The van der Waals surface area contributed by atoms with E-state index in [2.05, 4.69) is 63.5 Å². The van der Waals surface area contributed by atoms with Crippen LogP contribution in [0.5, 0.6) is 0 Å². The molecule has 1 N–H and O–H groups in total. The molecule has 0 amide bonds. The highest BCUT2D eigenvalue weighted by atomic mass is 15.2. The molecule has 0 aliphatic heterocycles. The Kier molecular flexibility index (Phi) is 5.40. The molecule has 3 rings (SSSR count). The van der Waals surface area contributed by atoms with Gasteiger partial charge in [0.05, 0.1) is 0 Å². The van der Waals surface area contributed by atoms with E-state index in [4.69, 9.17) is 0 Å². The van der Waals surface area contributed by atoms with Crippen molar-refractivity contribution in [3.63, 3.8) is 0 Å². The van der Waals surface area contributed by atoms with E-state index < -0.39 is 0 Å². The van der Waals surface area contributed by atoms with Crippen LogP contribution in [0.1, 0.15) is 18.1 Å². The molecule has 1 aromatic heterocycles. The molecule has 3 aromatic rings. The molecule has 1 heterocycles. The van der Waals surface area contributed by atoms with Crippen LogP contribution < -0.4 is 10.2 Å². The standard InChI is InChI=1S/C20H22N4/c1-2-24(15-18-11-7-4-8-12-18)20-13-19(22-16-23-20)21-14-17-9-5-3-6-10-17/h3-13,16H,2,14-15H2,1H3,(H,21,22,23). The first-order chi connectivity index (χ1) is 11.8. The lowest BCUT2D eigenvalue weighted by Gasteiger charge is -2.22. The number of rotatable bonds is 7. The molecule has 4 heteroatoms. The Labute approximate surface area is 143 Å². The molecular weight excluding hydrogens is 296 g/mol. The molecule has 0 aliphatic carbocycles. The molecule has 2 aromatic carbocycles. The predicted molar refractivity (Wildman–Crippen MR) is 99.0 cm³/mol. The van der Waals surface area contributed by atoms with E-state index in [9.17, 15) is 0 Å². The Morgan fingerprint density at radius 1 is 0.875 bits per heavy atom. The summed E-state index contributed by atoms with van der Waals surface area (Å²) in [6, 6.07) is 22.8. The molecule has 0 unspecified atom stereocenters. The summed E-state index contributed by atoms with van der Waals surface area (Å²) in [5, 5.41) is 3.37. The van der Waals surface area contributed by atoms with Gasteiger partial charge in [0.1, 0.15) is 18.0 Å². The third-order valence-electron chi connectivity index (χ3n) is 3.89. The van der Waals surface area contributed by atoms with Gasteiger partial charge in [0, 0.05) is 25.7 Å². The second kappa shape index (κ2) is 8.11. The second-order valence-electron chi connectivity index (χ2n) is 5.60. The summed E-state index contributed by atoms with van der Waals surface area (Å²) in [7, 11) is 0. The van der Waals surface area contributed by atoms with Crippen LogP contribution in [-0.4, -0.2) is 16.5 Å². The fourth-order valence-electron chi connectivity index (χ4n) is 2.56. The molecule has 0 saturated heterocycles. The van der Waals surface area contributed by atoms with Crippen LogP contribution in [0.4, 0.5) is 11.6 Å². The second-order valence-corrected chi connectivity index (χ2v) is 5.60. The highest BCUT2D eigenvalue weighted by molar-refractivity contribution is 5.49. The molecule has 0 atom stereocenters. The van der Waals surface area contributed by atoms with Gasteiger partial charge < -0.3 is 10.2 Å². The molecule has 122 valence electrons. The van der Waals surface area contributed by atoms with Gasteiger partial charge in [0.25, 0.3) is 0 Å². The Morgan fingerprint density at radius 3 is 2.21 bits per heavy atom. The largest absolute Gasteiger partial charge is 0.366 e. The van der Waals surface area contributed by atoms with Crippen molar-refractivity contribution in [1.82, 2.24) is 9.97 Å². The fraction of sp³-hybridized carbons (Fsp3) is 0.200. The summed E-state index contributed by atoms with van der Waals surface area (Å²) in [5.74, 6) is 1.78. The molecule has 0 bridgehead atoms. The van der Waals surface area contributed by atoms with Gasteiger partial charge >= 0.3 is 0 Å². The van der Waals surface area contributed by atoms with E-state index in [0.29, 0.717) is 0 Å². The third kappa shape index (κ3) is 4.32. The van der Waals surface area contributed by atoms with Crippen LogP contribution in [0, 0.1) is 0 Å². The number of hydrogen-bond acceptors (Lipinski definition) is 4. The highest BCUT2D eigenvalue weighted by Gasteiger charge is 2.08. The van der Waals surface area contributed by atoms with Crippen LogP contribution in [0.15, 0.2) is 73.1 Å². The number of nitrogens with zero attached hydrogens (tertiary/aromatic N) is 3. The lowest BCUT2D eigenvalue weighted by Crippen LogP contribution is -2.23. The molecule has 4 nitrogen and oxygen atoms in total. The zero-order valence-corrected chi connectivity index (χ0v) is 13.9. The quantitative estimate of drug-likeness (QED) is 0.711. The van der Waals surface area contributed by atoms with E-state index in [0.717, 1.165) is 31.3 Å². The average Bonchev–Trinajstić information content (AvgIpc) is 2.66. The van der Waals surface area contributed by atoms with Gasteiger partial charge in [-0.05, 0) is 18.1 Å². The van der Waals surface area contributed by atoms with E-state index in [1.165, 1.54) is 11.1 Å². The topological polar surface area (TPSA) is 41.0 Å².